The van der Waals surface area contributed by atoms with Gasteiger partial charge >= 0.3 is 11.9 Å². The van der Waals surface area contributed by atoms with E-state index in [1.54, 1.807) is 60.8 Å². The number of para-hydroxylation sites is 1. The fourth-order valence-corrected chi connectivity index (χ4v) is 8.40. The number of rotatable bonds is 31. The summed E-state index contributed by atoms with van der Waals surface area (Å²) in [5.74, 6) is -11.3. The number of carbonyl (C=O) groups excluding carboxylic acids is 10. The Morgan fingerprint density at radius 2 is 1.25 bits per heavy atom. The van der Waals surface area contributed by atoms with Gasteiger partial charge in [-0.3, -0.25) is 52.7 Å². The summed E-state index contributed by atoms with van der Waals surface area (Å²) >= 11 is 0. The minimum Gasteiger partial charge on any atom is -0.481 e. The first-order chi connectivity index (χ1) is 35.7. The number of primary amides is 2. The Balaban J connectivity index is 1.59. The van der Waals surface area contributed by atoms with E-state index in [4.69, 9.17) is 17.2 Å². The average molecular weight is 1050 g/mol. The Morgan fingerprint density at radius 1 is 0.667 bits per heavy atom. The maximum atomic E-state index is 14.7. The lowest BCUT2D eigenvalue weighted by molar-refractivity contribution is -0.147. The summed E-state index contributed by atoms with van der Waals surface area (Å²) in [7, 11) is 0. The van der Waals surface area contributed by atoms with Crippen LogP contribution in [0.3, 0.4) is 0 Å². The van der Waals surface area contributed by atoms with Gasteiger partial charge in [0.25, 0.3) is 0 Å². The van der Waals surface area contributed by atoms with Crippen molar-refractivity contribution in [1.82, 2.24) is 47.1 Å². The number of amides is 10. The summed E-state index contributed by atoms with van der Waals surface area (Å²) in [5.41, 5.74) is 18.1. The molecule has 0 bridgehead atoms. The van der Waals surface area contributed by atoms with Crippen LogP contribution in [-0.4, -0.2) is 153 Å². The number of carbonyl (C=O) groups is 12. The van der Waals surface area contributed by atoms with E-state index in [1.165, 1.54) is 4.90 Å². The van der Waals surface area contributed by atoms with Gasteiger partial charge in [-0.25, -0.2) is 4.79 Å². The highest BCUT2D eigenvalue weighted by atomic mass is 16.4. The number of hydrogen-bond donors (Lipinski definition) is 13. The molecule has 1 saturated heterocycles. The van der Waals surface area contributed by atoms with Gasteiger partial charge in [0, 0.05) is 56.3 Å². The molecule has 2 heterocycles. The van der Waals surface area contributed by atoms with Crippen LogP contribution in [0.5, 0.6) is 0 Å². The molecule has 26 nitrogen and oxygen atoms in total. The number of carboxylic acids is 2. The van der Waals surface area contributed by atoms with E-state index in [2.05, 4.69) is 42.2 Å². The number of likely N-dealkylation sites (tertiary alicyclic amines) is 1. The third kappa shape index (κ3) is 19.2. The van der Waals surface area contributed by atoms with Gasteiger partial charge in [0.1, 0.15) is 42.3 Å². The van der Waals surface area contributed by atoms with E-state index < -0.39 is 126 Å². The monoisotopic (exact) mass is 1050 g/mol. The predicted molar refractivity (Wildman–Crippen MR) is 267 cm³/mol. The largest absolute Gasteiger partial charge is 0.481 e. The van der Waals surface area contributed by atoms with Crippen LogP contribution in [-0.2, 0) is 70.4 Å². The Kier molecular flexibility index (Phi) is 23.1. The number of nitrogens with two attached hydrogens (primary N) is 3. The van der Waals surface area contributed by atoms with Crippen LogP contribution in [0.1, 0.15) is 82.3 Å². The fraction of sp³-hybridized carbons (Fsp3) is 0.469. The Hall–Kier alpha value is -8.42. The number of fused-ring (bicyclic) bond motifs is 1. The third-order valence-electron chi connectivity index (χ3n) is 12.2. The number of carboxylic acid groups (broad SMARTS) is 2. The van der Waals surface area contributed by atoms with Crippen LogP contribution in [0.15, 0.2) is 60.8 Å². The minimum absolute atomic E-state index is 0.00122. The first-order valence-corrected chi connectivity index (χ1v) is 24.3. The lowest BCUT2D eigenvalue weighted by atomic mass is 10.0. The first kappa shape index (κ1) is 59.1. The van der Waals surface area contributed by atoms with E-state index in [9.17, 15) is 67.7 Å². The highest BCUT2D eigenvalue weighted by molar-refractivity contribution is 5.98. The molecular formula is C49H66N12O14. The van der Waals surface area contributed by atoms with Crippen molar-refractivity contribution in [3.8, 4) is 0 Å². The minimum atomic E-state index is -1.80. The number of nitrogens with zero attached hydrogens (tertiary/aromatic N) is 1. The SMILES string of the molecule is CC(=O)NC(CCC(N)=O)C(=O)NC(CCC(N)=O)C(=O)NCC(=O)NC(Cc1c[nH]c2ccccc12)C(=O)NC(Cc1ccccc1)C(=O)N1CCCC1C(=O)NC(CCCCN)C(=O)NC(CC(=O)O)C(=O)O. The lowest BCUT2D eigenvalue weighted by Gasteiger charge is -2.31. The number of aromatic nitrogens is 1. The molecule has 0 aliphatic carbocycles. The molecule has 0 spiro atoms. The molecule has 1 fully saturated rings. The number of aromatic amines is 1. The van der Waals surface area contributed by atoms with Crippen LogP contribution in [0.25, 0.3) is 10.9 Å². The van der Waals surface area contributed by atoms with E-state index in [-0.39, 0.29) is 64.5 Å². The van der Waals surface area contributed by atoms with Crippen molar-refractivity contribution in [2.75, 3.05) is 19.6 Å². The smallest absolute Gasteiger partial charge is 0.326 e. The summed E-state index contributed by atoms with van der Waals surface area (Å²) in [4.78, 5) is 160. The summed E-state index contributed by atoms with van der Waals surface area (Å²) in [6, 6.07) is 5.90. The number of nitrogens with one attached hydrogen (secondary N) is 8. The second kappa shape index (κ2) is 29.3. The molecule has 75 heavy (non-hydrogen) atoms. The number of benzene rings is 2. The van der Waals surface area contributed by atoms with Crippen LogP contribution in [0.2, 0.25) is 0 Å². The third-order valence-corrected chi connectivity index (χ3v) is 12.2. The maximum Gasteiger partial charge on any atom is 0.326 e. The molecule has 4 rings (SSSR count). The van der Waals surface area contributed by atoms with Crippen molar-refractivity contribution in [2.24, 2.45) is 17.2 Å². The molecule has 0 saturated carbocycles. The lowest BCUT2D eigenvalue weighted by Crippen LogP contribution is -2.59. The van der Waals surface area contributed by atoms with Crippen LogP contribution >= 0.6 is 0 Å². The van der Waals surface area contributed by atoms with E-state index in [1.807, 2.05) is 0 Å². The molecule has 406 valence electrons. The molecule has 26 heteroatoms. The highest BCUT2D eigenvalue weighted by Gasteiger charge is 2.40. The van der Waals surface area contributed by atoms with Gasteiger partial charge in [-0.15, -0.1) is 0 Å². The van der Waals surface area contributed by atoms with Crippen molar-refractivity contribution in [3.05, 3.63) is 71.9 Å². The van der Waals surface area contributed by atoms with E-state index in [0.29, 0.717) is 41.3 Å². The topological polar surface area (TPSA) is 427 Å². The molecule has 1 aliphatic rings. The van der Waals surface area contributed by atoms with Gasteiger partial charge < -0.3 is 74.5 Å². The van der Waals surface area contributed by atoms with Gasteiger partial charge in [-0.1, -0.05) is 48.5 Å². The molecule has 10 amide bonds. The zero-order valence-electron chi connectivity index (χ0n) is 41.4. The van der Waals surface area contributed by atoms with E-state index in [0.717, 1.165) is 6.92 Å². The van der Waals surface area contributed by atoms with Crippen LogP contribution in [0, 0.1) is 0 Å². The predicted octanol–water partition coefficient (Wildman–Crippen LogP) is -2.79. The van der Waals surface area contributed by atoms with Crippen molar-refractivity contribution in [3.63, 3.8) is 0 Å². The Morgan fingerprint density at radius 3 is 1.87 bits per heavy atom. The molecule has 3 aromatic rings. The van der Waals surface area contributed by atoms with Gasteiger partial charge in [0.05, 0.1) is 13.0 Å². The second-order valence-corrected chi connectivity index (χ2v) is 18.0. The Bertz CT molecular complexity index is 2560. The first-order valence-electron chi connectivity index (χ1n) is 24.3. The fourth-order valence-electron chi connectivity index (χ4n) is 8.40. The van der Waals surface area contributed by atoms with Crippen molar-refractivity contribution in [2.45, 2.75) is 126 Å². The van der Waals surface area contributed by atoms with Gasteiger partial charge in [0.2, 0.25) is 59.1 Å². The van der Waals surface area contributed by atoms with Gasteiger partial charge in [-0.2, -0.15) is 0 Å². The maximum absolute atomic E-state index is 14.7. The van der Waals surface area contributed by atoms with E-state index >= 15 is 0 Å². The number of aliphatic carboxylic acids is 2. The average Bonchev–Trinajstić information content (AvgIpc) is 4.02. The standard InChI is InChI=1S/C49H66N12O14/c1-27(62)55-34(17-19-40(52)64)45(70)57-33(16-18-39(51)63)43(68)54-26-41(65)56-35(23-29-25-53-31-13-6-5-12-30(29)31)46(71)59-36(22-28-10-3-2-4-11-28)48(73)61-21-9-15-38(61)47(72)58-32(14-7-8-20-50)44(69)60-37(49(74)75)24-42(66)67/h2-6,10-13,25,32-38,53H,7-9,14-24,26,50H2,1H3,(H2,51,63)(H2,52,64)(H,54,68)(H,55,62)(H,56,65)(H,57,70)(H,58,72)(H,59,71)(H,60,69)(H,66,67)(H,74,75). The summed E-state index contributed by atoms with van der Waals surface area (Å²) in [6.07, 6.45) is 0.490. The van der Waals surface area contributed by atoms with Crippen LogP contribution < -0.4 is 54.4 Å². The van der Waals surface area contributed by atoms with Gasteiger partial charge in [0.15, 0.2) is 0 Å². The normalized spacial score (nSPS) is 15.4. The van der Waals surface area contributed by atoms with Crippen molar-refractivity contribution in [1.29, 1.82) is 0 Å². The zero-order valence-corrected chi connectivity index (χ0v) is 41.4. The summed E-state index contributed by atoms with van der Waals surface area (Å²) in [5, 5.41) is 36.8. The number of H-pyrrole nitrogens is 1. The van der Waals surface area contributed by atoms with Gasteiger partial charge in [-0.05, 0) is 68.7 Å². The molecule has 2 aromatic carbocycles. The molecule has 16 N–H and O–H groups in total. The number of hydrogen-bond acceptors (Lipinski definition) is 13. The molecular weight excluding hydrogens is 981 g/mol. The zero-order chi connectivity index (χ0) is 55.2. The molecule has 7 unspecified atom stereocenters. The van der Waals surface area contributed by atoms with Crippen molar-refractivity contribution >= 4 is 81.9 Å². The Labute approximate surface area is 430 Å². The molecule has 0 radical (unpaired) electrons. The quantitative estimate of drug-likeness (QED) is 0.0290. The van der Waals surface area contributed by atoms with Crippen molar-refractivity contribution < 1.29 is 67.7 Å². The number of unbranched alkanes of at least 4 members (excludes halogenated alkanes) is 1. The molecule has 1 aliphatic heterocycles. The second-order valence-electron chi connectivity index (χ2n) is 18.0. The molecule has 1 aromatic heterocycles. The summed E-state index contributed by atoms with van der Waals surface area (Å²) < 4.78 is 0. The highest BCUT2D eigenvalue weighted by Crippen LogP contribution is 2.22. The van der Waals surface area contributed by atoms with Crippen LogP contribution in [0.4, 0.5) is 0 Å². The molecule has 7 atom stereocenters. The summed E-state index contributed by atoms with van der Waals surface area (Å²) in [6.45, 7) is 0.659.